The van der Waals surface area contributed by atoms with Crippen LogP contribution in [0.1, 0.15) is 20.3 Å². The average Bonchev–Trinajstić information content (AvgIpc) is 2.16. The molecule has 3 heteroatoms. The van der Waals surface area contributed by atoms with Gasteiger partial charge in [0, 0.05) is 23.8 Å². The van der Waals surface area contributed by atoms with E-state index in [0.717, 1.165) is 35.2 Å². The standard InChI is InChI=1S/C12H17BrN2/c1-9-5-10(2)8-15(7-9)12-6-11(13)3-4-14-12/h3-4,6,9-10H,5,7-8H2,1-2H3/t9-,10+. The first-order chi connectivity index (χ1) is 7.15. The highest BCUT2D eigenvalue weighted by atomic mass is 79.9. The summed E-state index contributed by atoms with van der Waals surface area (Å²) >= 11 is 3.49. The molecule has 0 saturated carbocycles. The predicted molar refractivity (Wildman–Crippen MR) is 67.1 cm³/mol. The zero-order chi connectivity index (χ0) is 10.8. The number of hydrogen-bond acceptors (Lipinski definition) is 2. The Kier molecular flexibility index (Phi) is 3.29. The quantitative estimate of drug-likeness (QED) is 0.777. The van der Waals surface area contributed by atoms with Crippen molar-refractivity contribution in [1.29, 1.82) is 0 Å². The maximum Gasteiger partial charge on any atom is 0.129 e. The molecule has 0 aliphatic carbocycles. The molecule has 1 fully saturated rings. The summed E-state index contributed by atoms with van der Waals surface area (Å²) in [7, 11) is 0. The Balaban J connectivity index is 2.16. The maximum absolute atomic E-state index is 4.43. The third-order valence-electron chi connectivity index (χ3n) is 2.90. The van der Waals surface area contributed by atoms with Gasteiger partial charge in [-0.05, 0) is 30.4 Å². The van der Waals surface area contributed by atoms with E-state index in [1.165, 1.54) is 6.42 Å². The van der Waals surface area contributed by atoms with Crippen molar-refractivity contribution in [1.82, 2.24) is 4.98 Å². The normalized spacial score (nSPS) is 26.7. The fourth-order valence-electron chi connectivity index (χ4n) is 2.42. The SMILES string of the molecule is C[C@@H]1C[C@H](C)CN(c2cc(Br)ccn2)C1. The first kappa shape index (κ1) is 10.9. The maximum atomic E-state index is 4.43. The molecular weight excluding hydrogens is 252 g/mol. The number of pyridine rings is 1. The van der Waals surface area contributed by atoms with Crippen LogP contribution in [0.2, 0.25) is 0 Å². The first-order valence-corrected chi connectivity index (χ1v) is 6.31. The van der Waals surface area contributed by atoms with Gasteiger partial charge in [-0.25, -0.2) is 4.98 Å². The molecule has 0 bridgehead atoms. The molecule has 1 aromatic rings. The molecule has 0 radical (unpaired) electrons. The van der Waals surface area contributed by atoms with Gasteiger partial charge in [-0.2, -0.15) is 0 Å². The Labute approximate surface area is 99.8 Å². The average molecular weight is 269 g/mol. The number of aromatic nitrogens is 1. The fraction of sp³-hybridized carbons (Fsp3) is 0.583. The van der Waals surface area contributed by atoms with Crippen molar-refractivity contribution in [2.45, 2.75) is 20.3 Å². The Morgan fingerprint density at radius 2 is 2.00 bits per heavy atom. The number of hydrogen-bond donors (Lipinski definition) is 0. The van der Waals surface area contributed by atoms with Crippen LogP contribution in [0.3, 0.4) is 0 Å². The number of piperidine rings is 1. The van der Waals surface area contributed by atoms with Gasteiger partial charge in [0.05, 0.1) is 0 Å². The lowest BCUT2D eigenvalue weighted by Crippen LogP contribution is -2.39. The predicted octanol–water partition coefficient (Wildman–Crippen LogP) is 3.33. The van der Waals surface area contributed by atoms with E-state index in [0.29, 0.717) is 0 Å². The molecule has 2 heterocycles. The topological polar surface area (TPSA) is 16.1 Å². The van der Waals surface area contributed by atoms with Crippen LogP contribution in [0.25, 0.3) is 0 Å². The van der Waals surface area contributed by atoms with Crippen LogP contribution in [0.4, 0.5) is 5.82 Å². The van der Waals surface area contributed by atoms with Gasteiger partial charge in [0.2, 0.25) is 0 Å². The molecule has 1 aliphatic heterocycles. The molecule has 1 saturated heterocycles. The summed E-state index contributed by atoms with van der Waals surface area (Å²) in [6.45, 7) is 6.91. The Morgan fingerprint density at radius 1 is 1.33 bits per heavy atom. The second kappa shape index (κ2) is 4.52. The van der Waals surface area contributed by atoms with Gasteiger partial charge >= 0.3 is 0 Å². The summed E-state index contributed by atoms with van der Waals surface area (Å²) in [6, 6.07) is 4.07. The molecule has 2 nitrogen and oxygen atoms in total. The number of rotatable bonds is 1. The van der Waals surface area contributed by atoms with Crippen LogP contribution >= 0.6 is 15.9 Å². The lowest BCUT2D eigenvalue weighted by Gasteiger charge is -2.35. The molecular formula is C12H17BrN2. The van der Waals surface area contributed by atoms with Crippen LogP contribution in [-0.2, 0) is 0 Å². The number of anilines is 1. The van der Waals surface area contributed by atoms with E-state index in [9.17, 15) is 0 Å². The molecule has 1 aliphatic rings. The van der Waals surface area contributed by atoms with Crippen molar-refractivity contribution < 1.29 is 0 Å². The highest BCUT2D eigenvalue weighted by Crippen LogP contribution is 2.26. The molecule has 0 spiro atoms. The minimum Gasteiger partial charge on any atom is -0.356 e. The van der Waals surface area contributed by atoms with E-state index in [-0.39, 0.29) is 0 Å². The third kappa shape index (κ3) is 2.71. The molecule has 0 amide bonds. The van der Waals surface area contributed by atoms with Crippen LogP contribution in [0.15, 0.2) is 22.8 Å². The van der Waals surface area contributed by atoms with E-state index in [1.54, 1.807) is 0 Å². The van der Waals surface area contributed by atoms with Crippen LogP contribution in [-0.4, -0.2) is 18.1 Å². The summed E-state index contributed by atoms with van der Waals surface area (Å²) in [6.07, 6.45) is 3.20. The van der Waals surface area contributed by atoms with E-state index >= 15 is 0 Å². The summed E-state index contributed by atoms with van der Waals surface area (Å²) in [5, 5.41) is 0. The van der Waals surface area contributed by atoms with Crippen molar-refractivity contribution in [3.8, 4) is 0 Å². The fourth-order valence-corrected chi connectivity index (χ4v) is 2.74. The summed E-state index contributed by atoms with van der Waals surface area (Å²) in [4.78, 5) is 6.82. The van der Waals surface area contributed by atoms with E-state index in [4.69, 9.17) is 0 Å². The third-order valence-corrected chi connectivity index (χ3v) is 3.39. The van der Waals surface area contributed by atoms with Gasteiger partial charge in [0.25, 0.3) is 0 Å². The summed E-state index contributed by atoms with van der Waals surface area (Å²) < 4.78 is 1.11. The van der Waals surface area contributed by atoms with Crippen molar-refractivity contribution in [3.63, 3.8) is 0 Å². The zero-order valence-electron chi connectivity index (χ0n) is 9.28. The highest BCUT2D eigenvalue weighted by Gasteiger charge is 2.22. The Morgan fingerprint density at radius 3 is 2.60 bits per heavy atom. The molecule has 82 valence electrons. The first-order valence-electron chi connectivity index (χ1n) is 5.51. The van der Waals surface area contributed by atoms with Gasteiger partial charge in [-0.15, -0.1) is 0 Å². The van der Waals surface area contributed by atoms with Crippen molar-refractivity contribution in [2.75, 3.05) is 18.0 Å². The van der Waals surface area contributed by atoms with Gasteiger partial charge in [0.15, 0.2) is 0 Å². The van der Waals surface area contributed by atoms with E-state index in [1.807, 2.05) is 12.3 Å². The van der Waals surface area contributed by atoms with Gasteiger partial charge in [0.1, 0.15) is 5.82 Å². The minimum atomic E-state index is 0.773. The lowest BCUT2D eigenvalue weighted by atomic mass is 9.92. The van der Waals surface area contributed by atoms with Gasteiger partial charge in [-0.1, -0.05) is 29.8 Å². The second-order valence-corrected chi connectivity index (χ2v) is 5.60. The van der Waals surface area contributed by atoms with Crippen LogP contribution < -0.4 is 4.90 Å². The summed E-state index contributed by atoms with van der Waals surface area (Å²) in [5.41, 5.74) is 0. The van der Waals surface area contributed by atoms with Gasteiger partial charge in [-0.3, -0.25) is 0 Å². The monoisotopic (exact) mass is 268 g/mol. The van der Waals surface area contributed by atoms with Gasteiger partial charge < -0.3 is 4.90 Å². The Hall–Kier alpha value is -0.570. The summed E-state index contributed by atoms with van der Waals surface area (Å²) in [5.74, 6) is 2.65. The minimum absolute atomic E-state index is 0.773. The lowest BCUT2D eigenvalue weighted by molar-refractivity contribution is 0.355. The van der Waals surface area contributed by atoms with Crippen molar-refractivity contribution in [3.05, 3.63) is 22.8 Å². The Bertz CT molecular complexity index is 330. The van der Waals surface area contributed by atoms with Crippen LogP contribution in [0, 0.1) is 11.8 Å². The molecule has 15 heavy (non-hydrogen) atoms. The second-order valence-electron chi connectivity index (χ2n) is 4.68. The molecule has 1 aromatic heterocycles. The van der Waals surface area contributed by atoms with Crippen molar-refractivity contribution >= 4 is 21.7 Å². The van der Waals surface area contributed by atoms with E-state index in [2.05, 4.69) is 45.7 Å². The molecule has 0 unspecified atom stereocenters. The largest absolute Gasteiger partial charge is 0.356 e. The highest BCUT2D eigenvalue weighted by molar-refractivity contribution is 9.10. The van der Waals surface area contributed by atoms with E-state index < -0.39 is 0 Å². The van der Waals surface area contributed by atoms with Crippen molar-refractivity contribution in [2.24, 2.45) is 11.8 Å². The number of halogens is 1. The molecule has 0 aromatic carbocycles. The molecule has 2 atom stereocenters. The zero-order valence-corrected chi connectivity index (χ0v) is 10.9. The molecule has 2 rings (SSSR count). The smallest absolute Gasteiger partial charge is 0.129 e. The number of nitrogens with zero attached hydrogens (tertiary/aromatic N) is 2. The molecule has 0 N–H and O–H groups in total. The van der Waals surface area contributed by atoms with Crippen LogP contribution in [0.5, 0.6) is 0 Å².